The lowest BCUT2D eigenvalue weighted by atomic mass is 9.98. The van der Waals surface area contributed by atoms with Crippen LogP contribution in [0.3, 0.4) is 0 Å². The Morgan fingerprint density at radius 1 is 1.24 bits per heavy atom. The summed E-state index contributed by atoms with van der Waals surface area (Å²) in [6.45, 7) is 4.72. The normalized spacial score (nSPS) is 18.2. The number of rotatable bonds is 5. The number of nitrogens with zero attached hydrogens (tertiary/aromatic N) is 2. The van der Waals surface area contributed by atoms with Crippen molar-refractivity contribution in [2.75, 3.05) is 54.0 Å². The molecule has 21 heavy (non-hydrogen) atoms. The summed E-state index contributed by atoms with van der Waals surface area (Å²) in [4.78, 5) is 16.8. The number of ether oxygens (including phenoxy) is 2. The van der Waals surface area contributed by atoms with E-state index >= 15 is 0 Å². The number of esters is 1. The molecule has 0 saturated carbocycles. The Bertz CT molecular complexity index is 470. The molecule has 5 nitrogen and oxygen atoms in total. The van der Waals surface area contributed by atoms with Gasteiger partial charge in [0, 0.05) is 32.7 Å². The third kappa shape index (κ3) is 4.19. The van der Waals surface area contributed by atoms with E-state index in [2.05, 4.69) is 16.8 Å². The first-order valence-corrected chi connectivity index (χ1v) is 7.26. The molecule has 0 amide bonds. The summed E-state index contributed by atoms with van der Waals surface area (Å²) in [6, 6.07) is 7.67. The molecule has 2 rings (SSSR count). The maximum atomic E-state index is 12.1. The van der Waals surface area contributed by atoms with Gasteiger partial charge in [0.05, 0.1) is 20.1 Å². The van der Waals surface area contributed by atoms with Crippen LogP contribution in [0.25, 0.3) is 0 Å². The average Bonchev–Trinajstić information content (AvgIpc) is 2.53. The molecule has 1 aliphatic rings. The van der Waals surface area contributed by atoms with Crippen LogP contribution >= 0.6 is 0 Å². The lowest BCUT2D eigenvalue weighted by Gasteiger charge is -2.34. The van der Waals surface area contributed by atoms with E-state index in [0.29, 0.717) is 6.54 Å². The van der Waals surface area contributed by atoms with Gasteiger partial charge in [-0.05, 0) is 24.7 Å². The SMILES string of the molecule is COC(=O)C(CN1CCN(C)CC1)c1cccc(OC)c1. The van der Waals surface area contributed by atoms with E-state index in [0.717, 1.165) is 37.5 Å². The van der Waals surface area contributed by atoms with Crippen molar-refractivity contribution >= 4 is 5.97 Å². The predicted molar refractivity (Wildman–Crippen MR) is 81.7 cm³/mol. The zero-order valence-corrected chi connectivity index (χ0v) is 13.0. The smallest absolute Gasteiger partial charge is 0.314 e. The molecule has 0 spiro atoms. The third-order valence-corrected chi connectivity index (χ3v) is 4.02. The second kappa shape index (κ2) is 7.43. The summed E-state index contributed by atoms with van der Waals surface area (Å²) in [6.07, 6.45) is 0. The van der Waals surface area contributed by atoms with Crippen LogP contribution in [0.5, 0.6) is 5.75 Å². The molecule has 0 bridgehead atoms. The van der Waals surface area contributed by atoms with E-state index in [1.54, 1.807) is 7.11 Å². The van der Waals surface area contributed by atoms with Gasteiger partial charge in [0.25, 0.3) is 0 Å². The van der Waals surface area contributed by atoms with Crippen molar-refractivity contribution in [1.29, 1.82) is 0 Å². The molecule has 0 aromatic heterocycles. The van der Waals surface area contributed by atoms with Crippen molar-refractivity contribution in [2.45, 2.75) is 5.92 Å². The molecular formula is C16H24N2O3. The fraction of sp³-hybridized carbons (Fsp3) is 0.562. The highest BCUT2D eigenvalue weighted by atomic mass is 16.5. The monoisotopic (exact) mass is 292 g/mol. The molecule has 0 radical (unpaired) electrons. The Labute approximate surface area is 126 Å². The van der Waals surface area contributed by atoms with Crippen molar-refractivity contribution in [1.82, 2.24) is 9.80 Å². The first-order chi connectivity index (χ1) is 10.1. The summed E-state index contributed by atoms with van der Waals surface area (Å²) in [7, 11) is 5.20. The zero-order chi connectivity index (χ0) is 15.2. The minimum atomic E-state index is -0.270. The summed E-state index contributed by atoms with van der Waals surface area (Å²) < 4.78 is 10.2. The fourth-order valence-electron chi connectivity index (χ4n) is 2.61. The fourth-order valence-corrected chi connectivity index (χ4v) is 2.61. The van der Waals surface area contributed by atoms with Gasteiger partial charge < -0.3 is 14.4 Å². The van der Waals surface area contributed by atoms with Gasteiger partial charge in [0.1, 0.15) is 5.75 Å². The molecule has 0 aliphatic carbocycles. The van der Waals surface area contributed by atoms with Crippen LogP contribution < -0.4 is 4.74 Å². The van der Waals surface area contributed by atoms with Crippen molar-refractivity contribution < 1.29 is 14.3 Å². The molecule has 1 saturated heterocycles. The van der Waals surface area contributed by atoms with Gasteiger partial charge in [-0.15, -0.1) is 0 Å². The number of carbonyl (C=O) groups is 1. The molecule has 1 aliphatic heterocycles. The summed E-state index contributed by atoms with van der Waals surface area (Å²) in [5.41, 5.74) is 0.945. The van der Waals surface area contributed by atoms with Gasteiger partial charge in [-0.3, -0.25) is 9.69 Å². The van der Waals surface area contributed by atoms with Gasteiger partial charge in [0.2, 0.25) is 0 Å². The Morgan fingerprint density at radius 2 is 1.95 bits per heavy atom. The number of hydrogen-bond acceptors (Lipinski definition) is 5. The van der Waals surface area contributed by atoms with E-state index in [1.165, 1.54) is 7.11 Å². The molecular weight excluding hydrogens is 268 g/mol. The van der Waals surface area contributed by atoms with Crippen molar-refractivity contribution in [3.05, 3.63) is 29.8 Å². The summed E-state index contributed by atoms with van der Waals surface area (Å²) >= 11 is 0. The van der Waals surface area contributed by atoms with E-state index in [4.69, 9.17) is 9.47 Å². The maximum absolute atomic E-state index is 12.1. The molecule has 1 aromatic rings. The Hall–Kier alpha value is -1.59. The van der Waals surface area contributed by atoms with Crippen LogP contribution in [0, 0.1) is 0 Å². The first kappa shape index (κ1) is 15.8. The third-order valence-electron chi connectivity index (χ3n) is 4.02. The standard InChI is InChI=1S/C16H24N2O3/c1-17-7-9-18(10-8-17)12-15(16(19)21-3)13-5-4-6-14(11-13)20-2/h4-6,11,15H,7-10,12H2,1-3H3. The number of likely N-dealkylation sites (N-methyl/N-ethyl adjacent to an activating group) is 1. The minimum Gasteiger partial charge on any atom is -0.497 e. The highest BCUT2D eigenvalue weighted by Gasteiger charge is 2.26. The van der Waals surface area contributed by atoms with Crippen molar-refractivity contribution in [3.8, 4) is 5.75 Å². The Morgan fingerprint density at radius 3 is 2.57 bits per heavy atom. The van der Waals surface area contributed by atoms with Crippen molar-refractivity contribution in [2.24, 2.45) is 0 Å². The Kier molecular flexibility index (Phi) is 5.59. The van der Waals surface area contributed by atoms with Gasteiger partial charge >= 0.3 is 5.97 Å². The lowest BCUT2D eigenvalue weighted by molar-refractivity contribution is -0.143. The summed E-state index contributed by atoms with van der Waals surface area (Å²) in [5.74, 6) is 0.301. The number of hydrogen-bond donors (Lipinski definition) is 0. The second-order valence-corrected chi connectivity index (χ2v) is 5.46. The van der Waals surface area contributed by atoms with Crippen LogP contribution in [0.15, 0.2) is 24.3 Å². The quantitative estimate of drug-likeness (QED) is 0.763. The molecule has 5 heteroatoms. The van der Waals surface area contributed by atoms with Gasteiger partial charge in [-0.25, -0.2) is 0 Å². The highest BCUT2D eigenvalue weighted by molar-refractivity contribution is 5.78. The minimum absolute atomic E-state index is 0.192. The molecule has 1 aromatic carbocycles. The largest absolute Gasteiger partial charge is 0.497 e. The first-order valence-electron chi connectivity index (χ1n) is 7.26. The maximum Gasteiger partial charge on any atom is 0.314 e. The van der Waals surface area contributed by atoms with Crippen LogP contribution in [-0.2, 0) is 9.53 Å². The average molecular weight is 292 g/mol. The molecule has 1 atom stereocenters. The number of carbonyl (C=O) groups excluding carboxylic acids is 1. The van der Waals surface area contributed by atoms with E-state index in [1.807, 2.05) is 24.3 Å². The number of methoxy groups -OCH3 is 2. The van der Waals surface area contributed by atoms with Crippen LogP contribution in [0.2, 0.25) is 0 Å². The lowest BCUT2D eigenvalue weighted by Crippen LogP contribution is -2.46. The molecule has 116 valence electrons. The van der Waals surface area contributed by atoms with E-state index in [-0.39, 0.29) is 11.9 Å². The summed E-state index contributed by atoms with van der Waals surface area (Å²) in [5, 5.41) is 0. The second-order valence-electron chi connectivity index (χ2n) is 5.46. The molecule has 1 heterocycles. The molecule has 1 fully saturated rings. The van der Waals surface area contributed by atoms with E-state index in [9.17, 15) is 4.79 Å². The van der Waals surface area contributed by atoms with Gasteiger partial charge in [0.15, 0.2) is 0 Å². The highest BCUT2D eigenvalue weighted by Crippen LogP contribution is 2.23. The van der Waals surface area contributed by atoms with Crippen LogP contribution in [0.4, 0.5) is 0 Å². The number of piperazine rings is 1. The van der Waals surface area contributed by atoms with Crippen molar-refractivity contribution in [3.63, 3.8) is 0 Å². The predicted octanol–water partition coefficient (Wildman–Crippen LogP) is 1.20. The van der Waals surface area contributed by atoms with Crippen LogP contribution in [-0.4, -0.2) is 69.8 Å². The van der Waals surface area contributed by atoms with Gasteiger partial charge in [-0.2, -0.15) is 0 Å². The molecule has 0 N–H and O–H groups in total. The topological polar surface area (TPSA) is 42.0 Å². The molecule has 1 unspecified atom stereocenters. The Balaban J connectivity index is 2.12. The van der Waals surface area contributed by atoms with Gasteiger partial charge in [-0.1, -0.05) is 12.1 Å². The zero-order valence-electron chi connectivity index (χ0n) is 13.0. The van der Waals surface area contributed by atoms with E-state index < -0.39 is 0 Å². The number of benzene rings is 1. The van der Waals surface area contributed by atoms with Crippen LogP contribution in [0.1, 0.15) is 11.5 Å².